The molecule has 1 saturated heterocycles. The third kappa shape index (κ3) is 3.21. The van der Waals surface area contributed by atoms with Crippen LogP contribution in [0.25, 0.3) is 0 Å². The van der Waals surface area contributed by atoms with E-state index in [1.807, 2.05) is 4.90 Å². The van der Waals surface area contributed by atoms with E-state index >= 15 is 0 Å². The van der Waals surface area contributed by atoms with E-state index in [-0.39, 0.29) is 18.3 Å². The summed E-state index contributed by atoms with van der Waals surface area (Å²) < 4.78 is 13.6. The summed E-state index contributed by atoms with van der Waals surface area (Å²) >= 11 is 5.84. The van der Waals surface area contributed by atoms with Gasteiger partial charge in [-0.15, -0.1) is 0 Å². The molecule has 3 nitrogen and oxygen atoms in total. The van der Waals surface area contributed by atoms with Gasteiger partial charge in [-0.25, -0.2) is 4.39 Å². The lowest BCUT2D eigenvalue weighted by atomic mass is 10.1. The molecule has 1 unspecified atom stereocenters. The average Bonchev–Trinajstić information content (AvgIpc) is 2.70. The molecule has 0 aromatic heterocycles. The highest BCUT2D eigenvalue weighted by atomic mass is 35.5. The third-order valence-corrected chi connectivity index (χ3v) is 3.53. The van der Waals surface area contributed by atoms with E-state index in [9.17, 15) is 9.18 Å². The Hall–Kier alpha value is -1.13. The molecule has 1 aliphatic rings. The molecule has 1 aliphatic heterocycles. The van der Waals surface area contributed by atoms with E-state index in [2.05, 4.69) is 0 Å². The summed E-state index contributed by atoms with van der Waals surface area (Å²) in [4.78, 5) is 12.8. The number of halogens is 2. The minimum atomic E-state index is -0.807. The smallest absolute Gasteiger partial charge is 0.304 e. The van der Waals surface area contributed by atoms with Crippen LogP contribution in [0.1, 0.15) is 24.8 Å². The van der Waals surface area contributed by atoms with Crippen LogP contribution in [0.4, 0.5) is 4.39 Å². The first-order valence-corrected chi connectivity index (χ1v) is 6.34. The van der Waals surface area contributed by atoms with Crippen molar-refractivity contribution >= 4 is 17.6 Å². The Morgan fingerprint density at radius 3 is 3.06 bits per heavy atom. The van der Waals surface area contributed by atoms with Crippen LogP contribution in [-0.4, -0.2) is 28.6 Å². The van der Waals surface area contributed by atoms with Crippen molar-refractivity contribution in [3.8, 4) is 0 Å². The van der Waals surface area contributed by atoms with Gasteiger partial charge in [-0.05, 0) is 37.6 Å². The fourth-order valence-corrected chi connectivity index (χ4v) is 2.61. The van der Waals surface area contributed by atoms with Crippen molar-refractivity contribution in [2.75, 3.05) is 6.54 Å². The van der Waals surface area contributed by atoms with E-state index in [0.29, 0.717) is 17.1 Å². The van der Waals surface area contributed by atoms with Crippen LogP contribution in [0.2, 0.25) is 5.02 Å². The largest absolute Gasteiger partial charge is 0.481 e. The zero-order valence-corrected chi connectivity index (χ0v) is 10.7. The van der Waals surface area contributed by atoms with Crippen molar-refractivity contribution in [1.29, 1.82) is 0 Å². The van der Waals surface area contributed by atoms with Crippen LogP contribution < -0.4 is 0 Å². The van der Waals surface area contributed by atoms with E-state index in [4.69, 9.17) is 16.7 Å². The highest BCUT2D eigenvalue weighted by Gasteiger charge is 2.27. The molecule has 1 N–H and O–H groups in total. The normalized spacial score (nSPS) is 20.2. The highest BCUT2D eigenvalue weighted by molar-refractivity contribution is 6.30. The first-order valence-electron chi connectivity index (χ1n) is 5.96. The first kappa shape index (κ1) is 13.3. The molecular weight excluding hydrogens is 257 g/mol. The Bertz CT molecular complexity index is 453. The molecule has 1 aromatic rings. The van der Waals surface area contributed by atoms with Crippen molar-refractivity contribution in [2.45, 2.75) is 31.8 Å². The van der Waals surface area contributed by atoms with Gasteiger partial charge in [-0.3, -0.25) is 9.69 Å². The minimum absolute atomic E-state index is 0.000816. The molecule has 1 atom stereocenters. The summed E-state index contributed by atoms with van der Waals surface area (Å²) in [6, 6.07) is 4.47. The quantitative estimate of drug-likeness (QED) is 0.915. The molecule has 0 aliphatic carbocycles. The van der Waals surface area contributed by atoms with Crippen molar-refractivity contribution in [1.82, 2.24) is 4.90 Å². The van der Waals surface area contributed by atoms with Gasteiger partial charge < -0.3 is 5.11 Å². The van der Waals surface area contributed by atoms with E-state index in [1.165, 1.54) is 12.1 Å². The zero-order chi connectivity index (χ0) is 13.1. The number of aliphatic carboxylic acids is 1. The van der Waals surface area contributed by atoms with Crippen molar-refractivity contribution in [3.63, 3.8) is 0 Å². The van der Waals surface area contributed by atoms with Crippen LogP contribution in [-0.2, 0) is 11.3 Å². The third-order valence-electron chi connectivity index (χ3n) is 3.29. The molecule has 0 spiro atoms. The summed E-state index contributed by atoms with van der Waals surface area (Å²) in [7, 11) is 0. The average molecular weight is 272 g/mol. The fourth-order valence-electron chi connectivity index (χ4n) is 2.42. The number of hydrogen-bond donors (Lipinski definition) is 1. The maximum Gasteiger partial charge on any atom is 0.304 e. The van der Waals surface area contributed by atoms with E-state index < -0.39 is 5.97 Å². The number of rotatable bonds is 4. The van der Waals surface area contributed by atoms with E-state index in [1.54, 1.807) is 6.07 Å². The second-order valence-corrected chi connectivity index (χ2v) is 5.04. The van der Waals surface area contributed by atoms with Crippen LogP contribution in [0.5, 0.6) is 0 Å². The highest BCUT2D eigenvalue weighted by Crippen LogP contribution is 2.24. The number of carboxylic acids is 1. The minimum Gasteiger partial charge on any atom is -0.481 e. The Morgan fingerprint density at radius 1 is 1.56 bits per heavy atom. The number of likely N-dealkylation sites (tertiary alicyclic amines) is 1. The summed E-state index contributed by atoms with van der Waals surface area (Å²) in [5.41, 5.74) is 0.528. The molecule has 18 heavy (non-hydrogen) atoms. The molecule has 0 bridgehead atoms. The Kier molecular flexibility index (Phi) is 4.19. The summed E-state index contributed by atoms with van der Waals surface area (Å²) in [6.45, 7) is 1.23. The summed E-state index contributed by atoms with van der Waals surface area (Å²) in [5, 5.41) is 9.33. The fraction of sp³-hybridized carbons (Fsp3) is 0.462. The SMILES string of the molecule is O=C(O)CC1CCCN1Cc1cc(Cl)ccc1F. The molecule has 1 heterocycles. The molecule has 0 saturated carbocycles. The second-order valence-electron chi connectivity index (χ2n) is 4.60. The lowest BCUT2D eigenvalue weighted by molar-refractivity contribution is -0.138. The number of hydrogen-bond acceptors (Lipinski definition) is 2. The van der Waals surface area contributed by atoms with Gasteiger partial charge in [0.05, 0.1) is 6.42 Å². The molecule has 2 rings (SSSR count). The van der Waals surface area contributed by atoms with Gasteiger partial charge in [0, 0.05) is 23.2 Å². The number of nitrogens with zero attached hydrogens (tertiary/aromatic N) is 1. The zero-order valence-electron chi connectivity index (χ0n) is 9.90. The van der Waals surface area contributed by atoms with E-state index in [0.717, 1.165) is 19.4 Å². The Balaban J connectivity index is 2.08. The topological polar surface area (TPSA) is 40.5 Å². The monoisotopic (exact) mass is 271 g/mol. The summed E-state index contributed by atoms with van der Waals surface area (Å²) in [6.07, 6.45) is 1.93. The lowest BCUT2D eigenvalue weighted by Gasteiger charge is -2.23. The number of carboxylic acid groups (broad SMARTS) is 1. The lowest BCUT2D eigenvalue weighted by Crippen LogP contribution is -2.31. The molecule has 5 heteroatoms. The van der Waals surface area contributed by atoms with Gasteiger partial charge in [0.25, 0.3) is 0 Å². The van der Waals surface area contributed by atoms with Gasteiger partial charge in [-0.1, -0.05) is 11.6 Å². The first-order chi connectivity index (χ1) is 8.56. The van der Waals surface area contributed by atoms with Gasteiger partial charge in [0.15, 0.2) is 0 Å². The Morgan fingerprint density at radius 2 is 2.33 bits per heavy atom. The van der Waals surface area contributed by atoms with Gasteiger partial charge >= 0.3 is 5.97 Å². The van der Waals surface area contributed by atoms with Crippen molar-refractivity contribution < 1.29 is 14.3 Å². The van der Waals surface area contributed by atoms with Crippen molar-refractivity contribution in [3.05, 3.63) is 34.6 Å². The van der Waals surface area contributed by atoms with Crippen molar-refractivity contribution in [2.24, 2.45) is 0 Å². The molecular formula is C13H15ClFNO2. The molecule has 1 aromatic carbocycles. The van der Waals surface area contributed by atoms with Gasteiger partial charge in [-0.2, -0.15) is 0 Å². The predicted molar refractivity (Wildman–Crippen MR) is 67.1 cm³/mol. The standard InChI is InChI=1S/C13H15ClFNO2/c14-10-3-4-12(15)9(6-10)8-16-5-1-2-11(16)7-13(17)18/h3-4,6,11H,1-2,5,7-8H2,(H,17,18). The van der Waals surface area contributed by atoms with Crippen LogP contribution in [0.15, 0.2) is 18.2 Å². The molecule has 98 valence electrons. The molecule has 0 radical (unpaired) electrons. The van der Waals surface area contributed by atoms with Gasteiger partial charge in [0.2, 0.25) is 0 Å². The predicted octanol–water partition coefficient (Wildman–Crippen LogP) is 2.92. The van der Waals surface area contributed by atoms with Crippen LogP contribution in [0, 0.1) is 5.82 Å². The van der Waals surface area contributed by atoms with Crippen LogP contribution >= 0.6 is 11.6 Å². The van der Waals surface area contributed by atoms with Gasteiger partial charge in [0.1, 0.15) is 5.82 Å². The number of benzene rings is 1. The second kappa shape index (κ2) is 5.67. The summed E-state index contributed by atoms with van der Waals surface area (Å²) in [5.74, 6) is -1.10. The number of carbonyl (C=O) groups is 1. The maximum absolute atomic E-state index is 13.6. The maximum atomic E-state index is 13.6. The molecule has 1 fully saturated rings. The molecule has 0 amide bonds. The Labute approximate surface area is 110 Å². The van der Waals surface area contributed by atoms with Crippen LogP contribution in [0.3, 0.4) is 0 Å².